The van der Waals surface area contributed by atoms with Crippen LogP contribution in [-0.2, 0) is 9.59 Å². The first-order chi connectivity index (χ1) is 8.10. The predicted molar refractivity (Wildman–Crippen MR) is 60.2 cm³/mol. The van der Waals surface area contributed by atoms with Crippen molar-refractivity contribution >= 4 is 11.9 Å². The highest BCUT2D eigenvalue weighted by Crippen LogP contribution is 2.22. The second-order valence-corrected chi connectivity index (χ2v) is 4.17. The first kappa shape index (κ1) is 13.3. The van der Waals surface area contributed by atoms with Crippen LogP contribution >= 0.6 is 0 Å². The van der Waals surface area contributed by atoms with Crippen molar-refractivity contribution in [1.82, 2.24) is 4.90 Å². The number of hydrogen-bond donors (Lipinski definition) is 1. The van der Waals surface area contributed by atoms with Crippen molar-refractivity contribution < 1.29 is 14.7 Å². The van der Waals surface area contributed by atoms with Gasteiger partial charge in [0, 0.05) is 24.4 Å². The van der Waals surface area contributed by atoms with Gasteiger partial charge in [-0.1, -0.05) is 18.5 Å². The van der Waals surface area contributed by atoms with Crippen molar-refractivity contribution in [2.75, 3.05) is 13.1 Å². The summed E-state index contributed by atoms with van der Waals surface area (Å²) in [6, 6.07) is -0.747. The fourth-order valence-electron chi connectivity index (χ4n) is 2.07. The van der Waals surface area contributed by atoms with Gasteiger partial charge in [0.1, 0.15) is 6.04 Å². The lowest BCUT2D eigenvalue weighted by Gasteiger charge is -2.24. The van der Waals surface area contributed by atoms with Gasteiger partial charge in [-0.25, -0.2) is 4.79 Å². The summed E-state index contributed by atoms with van der Waals surface area (Å²) in [6.45, 7) is 2.50. The third-order valence-corrected chi connectivity index (χ3v) is 2.87. The van der Waals surface area contributed by atoms with Crippen LogP contribution in [0.2, 0.25) is 0 Å². The summed E-state index contributed by atoms with van der Waals surface area (Å²) < 4.78 is 0. The molecule has 0 bridgehead atoms. The molecular weight excluding hydrogens is 224 g/mol. The highest BCUT2D eigenvalue weighted by atomic mass is 16.4. The maximum Gasteiger partial charge on any atom is 0.326 e. The molecule has 2 atom stereocenters. The first-order valence-electron chi connectivity index (χ1n) is 5.63. The Morgan fingerprint density at radius 3 is 3.00 bits per heavy atom. The molecule has 1 fully saturated rings. The Bertz CT molecular complexity index is 351. The SMILES string of the molecule is CCCC(C(=O)O)N1CC(CN=[N+]=[N-])CC1=O. The number of carboxylic acid groups (broad SMARTS) is 1. The molecule has 0 radical (unpaired) electrons. The molecule has 1 aliphatic heterocycles. The summed E-state index contributed by atoms with van der Waals surface area (Å²) in [5.74, 6) is -1.19. The quantitative estimate of drug-likeness (QED) is 0.430. The molecule has 17 heavy (non-hydrogen) atoms. The lowest BCUT2D eigenvalue weighted by Crippen LogP contribution is -2.42. The summed E-state index contributed by atoms with van der Waals surface area (Å²) in [6.07, 6.45) is 1.43. The van der Waals surface area contributed by atoms with Gasteiger partial charge in [0.15, 0.2) is 0 Å². The molecule has 0 aromatic heterocycles. The van der Waals surface area contributed by atoms with E-state index >= 15 is 0 Å². The molecule has 0 aromatic carbocycles. The molecule has 1 heterocycles. The molecule has 0 aromatic rings. The second-order valence-electron chi connectivity index (χ2n) is 4.17. The number of azide groups is 1. The standard InChI is InChI=1S/C10H16N4O3/c1-2-3-8(10(16)17)14-6-7(4-9(14)15)5-12-13-11/h7-8H,2-6H2,1H3,(H,16,17). The zero-order chi connectivity index (χ0) is 12.8. The number of nitrogens with zero attached hydrogens (tertiary/aromatic N) is 4. The molecule has 2 unspecified atom stereocenters. The van der Waals surface area contributed by atoms with Gasteiger partial charge < -0.3 is 10.0 Å². The smallest absolute Gasteiger partial charge is 0.326 e. The Morgan fingerprint density at radius 2 is 2.47 bits per heavy atom. The Hall–Kier alpha value is -1.75. The summed E-state index contributed by atoms with van der Waals surface area (Å²) in [5.41, 5.74) is 8.21. The molecule has 7 nitrogen and oxygen atoms in total. The van der Waals surface area contributed by atoms with E-state index in [1.807, 2.05) is 6.92 Å². The van der Waals surface area contributed by atoms with Crippen molar-refractivity contribution in [3.05, 3.63) is 10.4 Å². The number of carbonyl (C=O) groups excluding carboxylic acids is 1. The highest BCUT2D eigenvalue weighted by molar-refractivity contribution is 5.85. The summed E-state index contributed by atoms with van der Waals surface area (Å²) in [5, 5.41) is 12.5. The Morgan fingerprint density at radius 1 is 1.76 bits per heavy atom. The van der Waals surface area contributed by atoms with E-state index in [0.29, 0.717) is 19.4 Å². The minimum absolute atomic E-state index is 0.0582. The van der Waals surface area contributed by atoms with E-state index in [9.17, 15) is 9.59 Å². The topological polar surface area (TPSA) is 106 Å². The lowest BCUT2D eigenvalue weighted by atomic mass is 10.1. The largest absolute Gasteiger partial charge is 0.480 e. The normalized spacial score (nSPS) is 21.1. The van der Waals surface area contributed by atoms with Gasteiger partial charge in [-0.15, -0.1) is 0 Å². The van der Waals surface area contributed by atoms with Gasteiger partial charge in [0.05, 0.1) is 0 Å². The average molecular weight is 240 g/mol. The zero-order valence-corrected chi connectivity index (χ0v) is 9.74. The zero-order valence-electron chi connectivity index (χ0n) is 9.74. The van der Waals surface area contributed by atoms with E-state index in [4.69, 9.17) is 10.6 Å². The van der Waals surface area contributed by atoms with Gasteiger partial charge in [-0.05, 0) is 17.9 Å². The van der Waals surface area contributed by atoms with Crippen LogP contribution in [0.3, 0.4) is 0 Å². The van der Waals surface area contributed by atoms with E-state index < -0.39 is 12.0 Å². The molecule has 1 aliphatic rings. The monoisotopic (exact) mass is 240 g/mol. The van der Waals surface area contributed by atoms with E-state index in [1.165, 1.54) is 4.90 Å². The molecule has 0 saturated carbocycles. The number of rotatable bonds is 6. The Kier molecular flexibility index (Phi) is 4.78. The molecular formula is C10H16N4O3. The van der Waals surface area contributed by atoms with E-state index in [0.717, 1.165) is 0 Å². The molecule has 0 aliphatic carbocycles. The van der Waals surface area contributed by atoms with Gasteiger partial charge >= 0.3 is 5.97 Å². The predicted octanol–water partition coefficient (Wildman–Crippen LogP) is 1.40. The van der Waals surface area contributed by atoms with Gasteiger partial charge in [-0.3, -0.25) is 4.79 Å². The third-order valence-electron chi connectivity index (χ3n) is 2.87. The fraction of sp³-hybridized carbons (Fsp3) is 0.800. The maximum atomic E-state index is 11.7. The number of amides is 1. The summed E-state index contributed by atoms with van der Waals surface area (Å²) in [7, 11) is 0. The molecule has 0 spiro atoms. The number of carbonyl (C=O) groups is 2. The van der Waals surface area contributed by atoms with Crippen molar-refractivity contribution in [3.8, 4) is 0 Å². The minimum Gasteiger partial charge on any atom is -0.480 e. The highest BCUT2D eigenvalue weighted by Gasteiger charge is 2.36. The number of hydrogen-bond acceptors (Lipinski definition) is 3. The molecule has 1 N–H and O–H groups in total. The fourth-order valence-corrected chi connectivity index (χ4v) is 2.07. The van der Waals surface area contributed by atoms with Crippen molar-refractivity contribution in [2.24, 2.45) is 11.0 Å². The van der Waals surface area contributed by atoms with Gasteiger partial charge in [0.25, 0.3) is 0 Å². The van der Waals surface area contributed by atoms with Crippen LogP contribution in [0.5, 0.6) is 0 Å². The maximum absolute atomic E-state index is 11.7. The van der Waals surface area contributed by atoms with Crippen LogP contribution in [-0.4, -0.2) is 41.0 Å². The molecule has 1 amide bonds. The lowest BCUT2D eigenvalue weighted by molar-refractivity contribution is -0.148. The van der Waals surface area contributed by atoms with Gasteiger partial charge in [-0.2, -0.15) is 0 Å². The second kappa shape index (κ2) is 6.10. The van der Waals surface area contributed by atoms with E-state index in [2.05, 4.69) is 10.0 Å². The number of carboxylic acids is 1. The van der Waals surface area contributed by atoms with E-state index in [-0.39, 0.29) is 24.8 Å². The van der Waals surface area contributed by atoms with Crippen LogP contribution in [0.4, 0.5) is 0 Å². The Labute approximate surface area is 99.0 Å². The molecule has 7 heteroatoms. The van der Waals surface area contributed by atoms with Crippen LogP contribution in [0, 0.1) is 5.92 Å². The average Bonchev–Trinajstić information content (AvgIpc) is 2.64. The van der Waals surface area contributed by atoms with Crippen molar-refractivity contribution in [2.45, 2.75) is 32.2 Å². The molecule has 1 saturated heterocycles. The van der Waals surface area contributed by atoms with Crippen LogP contribution in [0.15, 0.2) is 5.11 Å². The van der Waals surface area contributed by atoms with Crippen LogP contribution in [0.25, 0.3) is 10.4 Å². The number of aliphatic carboxylic acids is 1. The first-order valence-corrected chi connectivity index (χ1v) is 5.63. The van der Waals surface area contributed by atoms with Gasteiger partial charge in [0.2, 0.25) is 5.91 Å². The van der Waals surface area contributed by atoms with Crippen LogP contribution < -0.4 is 0 Å². The van der Waals surface area contributed by atoms with Crippen LogP contribution in [0.1, 0.15) is 26.2 Å². The minimum atomic E-state index is -0.968. The Balaban J connectivity index is 2.67. The third kappa shape index (κ3) is 3.35. The molecule has 94 valence electrons. The van der Waals surface area contributed by atoms with Crippen molar-refractivity contribution in [1.29, 1.82) is 0 Å². The van der Waals surface area contributed by atoms with E-state index in [1.54, 1.807) is 0 Å². The summed E-state index contributed by atoms with van der Waals surface area (Å²) in [4.78, 5) is 26.8. The number of likely N-dealkylation sites (tertiary alicyclic amines) is 1. The van der Waals surface area contributed by atoms with Crippen molar-refractivity contribution in [3.63, 3.8) is 0 Å². The summed E-state index contributed by atoms with van der Waals surface area (Å²) >= 11 is 0. The molecule has 1 rings (SSSR count).